The summed E-state index contributed by atoms with van der Waals surface area (Å²) in [5.41, 5.74) is 6.60. The molecular weight excluding hydrogens is 206 g/mol. The number of nitrogens with two attached hydrogens (primary N) is 1. The van der Waals surface area contributed by atoms with Crippen LogP contribution in [0.3, 0.4) is 0 Å². The van der Waals surface area contributed by atoms with E-state index in [1.807, 2.05) is 25.1 Å². The molecule has 0 heterocycles. The first-order valence-electron chi connectivity index (χ1n) is 3.92. The number of rotatable bonds is 3. The zero-order valence-corrected chi connectivity index (χ0v) is 8.90. The zero-order valence-electron chi connectivity index (χ0n) is 7.33. The van der Waals surface area contributed by atoms with E-state index in [0.717, 1.165) is 15.5 Å². The van der Waals surface area contributed by atoms with E-state index in [1.54, 1.807) is 0 Å². The fourth-order valence-corrected chi connectivity index (χ4v) is 1.84. The Morgan fingerprint density at radius 2 is 2.31 bits per heavy atom. The number of aliphatic hydroxyl groups excluding tert-OH is 1. The van der Waals surface area contributed by atoms with Gasteiger partial charge in [0.05, 0.1) is 12.0 Å². The molecule has 1 aromatic rings. The number of aryl methyl sites for hydroxylation is 1. The molecule has 0 spiro atoms. The Morgan fingerprint density at radius 1 is 1.62 bits per heavy atom. The first kappa shape index (κ1) is 10.9. The molecule has 0 aromatic heterocycles. The Labute approximate surface area is 87.1 Å². The number of halogens is 1. The molecule has 0 fully saturated rings. The summed E-state index contributed by atoms with van der Waals surface area (Å²) >= 11 is 7.30. The summed E-state index contributed by atoms with van der Waals surface area (Å²) in [5.74, 6) is 0. The van der Waals surface area contributed by atoms with Gasteiger partial charge in [0.25, 0.3) is 0 Å². The molecule has 0 saturated heterocycles. The lowest BCUT2D eigenvalue weighted by Crippen LogP contribution is -2.19. The highest BCUT2D eigenvalue weighted by Gasteiger charge is 2.03. The van der Waals surface area contributed by atoms with Crippen LogP contribution in [0, 0.1) is 6.92 Å². The molecule has 0 radical (unpaired) electrons. The van der Waals surface area contributed by atoms with E-state index in [0.29, 0.717) is 0 Å². The minimum absolute atomic E-state index is 0.0215. The van der Waals surface area contributed by atoms with Gasteiger partial charge in [-0.3, -0.25) is 0 Å². The maximum absolute atomic E-state index is 8.75. The number of aliphatic hydroxyl groups is 1. The van der Waals surface area contributed by atoms with E-state index in [9.17, 15) is 0 Å². The van der Waals surface area contributed by atoms with E-state index in [-0.39, 0.29) is 12.0 Å². The van der Waals surface area contributed by atoms with Crippen molar-refractivity contribution in [2.24, 2.45) is 5.73 Å². The van der Waals surface area contributed by atoms with E-state index < -0.39 is 0 Å². The van der Waals surface area contributed by atoms with Crippen molar-refractivity contribution in [1.82, 2.24) is 0 Å². The standard InChI is InChI=1S/C9H12ClNOS/c1-6-4-7(2-3-8(6)10)13-9(11)5-12/h2-4,9,12H,5,11H2,1H3. The second-order valence-corrected chi connectivity index (χ2v) is 4.47. The molecule has 1 atom stereocenters. The van der Waals surface area contributed by atoms with Gasteiger partial charge in [-0.25, -0.2) is 0 Å². The predicted molar refractivity (Wildman–Crippen MR) is 57.1 cm³/mol. The Balaban J connectivity index is 2.73. The van der Waals surface area contributed by atoms with Gasteiger partial charge < -0.3 is 10.8 Å². The van der Waals surface area contributed by atoms with E-state index >= 15 is 0 Å². The second-order valence-electron chi connectivity index (χ2n) is 2.75. The molecule has 0 aliphatic heterocycles. The minimum Gasteiger partial charge on any atom is -0.394 e. The monoisotopic (exact) mass is 217 g/mol. The van der Waals surface area contributed by atoms with Crippen LogP contribution in [0.15, 0.2) is 23.1 Å². The lowest BCUT2D eigenvalue weighted by atomic mass is 10.2. The van der Waals surface area contributed by atoms with Crippen LogP contribution in [-0.2, 0) is 0 Å². The molecule has 0 aliphatic rings. The first-order chi connectivity index (χ1) is 6.13. The Bertz CT molecular complexity index is 293. The molecule has 4 heteroatoms. The predicted octanol–water partition coefficient (Wildman–Crippen LogP) is 2.02. The molecule has 3 N–H and O–H groups in total. The molecule has 1 rings (SSSR count). The van der Waals surface area contributed by atoms with Crippen molar-refractivity contribution in [3.05, 3.63) is 28.8 Å². The summed E-state index contributed by atoms with van der Waals surface area (Å²) in [5, 5.41) is 9.24. The van der Waals surface area contributed by atoms with Gasteiger partial charge in [0.1, 0.15) is 0 Å². The summed E-state index contributed by atoms with van der Waals surface area (Å²) in [4.78, 5) is 1.03. The van der Waals surface area contributed by atoms with Crippen LogP contribution in [0.5, 0.6) is 0 Å². The third kappa shape index (κ3) is 3.19. The van der Waals surface area contributed by atoms with E-state index in [1.165, 1.54) is 11.8 Å². The Morgan fingerprint density at radius 3 is 2.85 bits per heavy atom. The number of thioether (sulfide) groups is 1. The lowest BCUT2D eigenvalue weighted by molar-refractivity contribution is 0.296. The second kappa shape index (κ2) is 4.86. The van der Waals surface area contributed by atoms with Crippen LogP contribution in [0.4, 0.5) is 0 Å². The molecule has 1 aromatic carbocycles. The molecule has 0 amide bonds. The van der Waals surface area contributed by atoms with Crippen molar-refractivity contribution >= 4 is 23.4 Å². The van der Waals surface area contributed by atoms with Crippen LogP contribution >= 0.6 is 23.4 Å². The van der Waals surface area contributed by atoms with Crippen molar-refractivity contribution in [1.29, 1.82) is 0 Å². The fourth-order valence-electron chi connectivity index (χ4n) is 0.903. The van der Waals surface area contributed by atoms with Crippen molar-refractivity contribution in [3.63, 3.8) is 0 Å². The summed E-state index contributed by atoms with van der Waals surface area (Å²) in [7, 11) is 0. The van der Waals surface area contributed by atoms with Crippen LogP contribution in [0.25, 0.3) is 0 Å². The van der Waals surface area contributed by atoms with Gasteiger partial charge in [0, 0.05) is 9.92 Å². The maximum atomic E-state index is 8.75. The average molecular weight is 218 g/mol. The lowest BCUT2D eigenvalue weighted by Gasteiger charge is -2.08. The normalized spacial score (nSPS) is 12.9. The summed E-state index contributed by atoms with van der Waals surface area (Å²) in [6, 6.07) is 5.70. The van der Waals surface area contributed by atoms with Crippen LogP contribution in [0.2, 0.25) is 5.02 Å². The highest BCUT2D eigenvalue weighted by molar-refractivity contribution is 7.99. The van der Waals surface area contributed by atoms with Crippen molar-refractivity contribution in [2.45, 2.75) is 17.2 Å². The maximum Gasteiger partial charge on any atom is 0.0789 e. The zero-order chi connectivity index (χ0) is 9.84. The molecule has 0 bridgehead atoms. The summed E-state index contributed by atoms with van der Waals surface area (Å²) in [6.45, 7) is 1.92. The van der Waals surface area contributed by atoms with E-state index in [2.05, 4.69) is 0 Å². The van der Waals surface area contributed by atoms with E-state index in [4.69, 9.17) is 22.4 Å². The Hall–Kier alpha value is -0.220. The van der Waals surface area contributed by atoms with Gasteiger partial charge in [0.15, 0.2) is 0 Å². The molecular formula is C9H12ClNOS. The van der Waals surface area contributed by atoms with Crippen LogP contribution < -0.4 is 5.73 Å². The Kier molecular flexibility index (Phi) is 4.06. The highest BCUT2D eigenvalue weighted by Crippen LogP contribution is 2.25. The van der Waals surface area contributed by atoms with Crippen molar-refractivity contribution < 1.29 is 5.11 Å². The molecule has 13 heavy (non-hydrogen) atoms. The first-order valence-corrected chi connectivity index (χ1v) is 5.18. The fraction of sp³-hybridized carbons (Fsp3) is 0.333. The molecule has 72 valence electrons. The summed E-state index contributed by atoms with van der Waals surface area (Å²) < 4.78 is 0. The average Bonchev–Trinajstić information content (AvgIpc) is 2.11. The molecule has 1 unspecified atom stereocenters. The molecule has 2 nitrogen and oxygen atoms in total. The number of benzene rings is 1. The van der Waals surface area contributed by atoms with Crippen LogP contribution in [0.1, 0.15) is 5.56 Å². The van der Waals surface area contributed by atoms with Gasteiger partial charge >= 0.3 is 0 Å². The SMILES string of the molecule is Cc1cc(SC(N)CO)ccc1Cl. The largest absolute Gasteiger partial charge is 0.394 e. The number of hydrogen-bond acceptors (Lipinski definition) is 3. The smallest absolute Gasteiger partial charge is 0.0789 e. The molecule has 0 aliphatic carbocycles. The third-order valence-corrected chi connectivity index (χ3v) is 3.00. The topological polar surface area (TPSA) is 46.2 Å². The van der Waals surface area contributed by atoms with Gasteiger partial charge in [-0.05, 0) is 30.7 Å². The van der Waals surface area contributed by atoms with Crippen molar-refractivity contribution in [2.75, 3.05) is 6.61 Å². The van der Waals surface area contributed by atoms with Gasteiger partial charge in [0.2, 0.25) is 0 Å². The van der Waals surface area contributed by atoms with Gasteiger partial charge in [-0.2, -0.15) is 0 Å². The van der Waals surface area contributed by atoms with Crippen LogP contribution in [-0.4, -0.2) is 17.1 Å². The summed E-state index contributed by atoms with van der Waals surface area (Å²) in [6.07, 6.45) is 0. The minimum atomic E-state index is -0.263. The van der Waals surface area contributed by atoms with Crippen molar-refractivity contribution in [3.8, 4) is 0 Å². The highest BCUT2D eigenvalue weighted by atomic mass is 35.5. The quantitative estimate of drug-likeness (QED) is 0.602. The molecule has 0 saturated carbocycles. The van der Waals surface area contributed by atoms with Gasteiger partial charge in [-0.15, -0.1) is 11.8 Å². The number of hydrogen-bond donors (Lipinski definition) is 2. The van der Waals surface area contributed by atoms with Gasteiger partial charge in [-0.1, -0.05) is 11.6 Å². The third-order valence-electron chi connectivity index (χ3n) is 1.60.